The standard InChI is InChI=1S/C17H17N3O8/c18-12(22)3-4-13(23)19-16(17(26)27)20-14(24)5-8-6-15(25)28-11-7-9(21)1-2-10(8)11/h1-2,6-7,16,21H,3-5H2,(H2,18,22)(H,19,23)(H,20,24)(H,26,27)/t16-/m1/s1. The lowest BCUT2D eigenvalue weighted by molar-refractivity contribution is -0.144. The van der Waals surface area contributed by atoms with E-state index in [9.17, 15) is 29.1 Å². The van der Waals surface area contributed by atoms with E-state index in [-0.39, 0.29) is 36.2 Å². The third kappa shape index (κ3) is 5.56. The van der Waals surface area contributed by atoms with Crippen molar-refractivity contribution in [3.05, 3.63) is 40.2 Å². The summed E-state index contributed by atoms with van der Waals surface area (Å²) in [7, 11) is 0. The fourth-order valence-corrected chi connectivity index (χ4v) is 2.38. The van der Waals surface area contributed by atoms with Crippen LogP contribution < -0.4 is 22.0 Å². The number of benzene rings is 1. The number of carbonyl (C=O) groups is 4. The molecule has 11 heteroatoms. The molecule has 0 aliphatic carbocycles. The first-order chi connectivity index (χ1) is 13.2. The van der Waals surface area contributed by atoms with Gasteiger partial charge >= 0.3 is 11.6 Å². The fraction of sp³-hybridized carbons (Fsp3) is 0.235. The number of nitrogens with one attached hydrogen (secondary N) is 2. The van der Waals surface area contributed by atoms with Gasteiger partial charge in [-0.1, -0.05) is 0 Å². The third-order valence-corrected chi connectivity index (χ3v) is 3.62. The number of rotatable bonds is 8. The minimum atomic E-state index is -1.73. The molecular formula is C17H17N3O8. The molecule has 0 radical (unpaired) electrons. The van der Waals surface area contributed by atoms with Crippen LogP contribution in [0.3, 0.4) is 0 Å². The van der Waals surface area contributed by atoms with Crippen molar-refractivity contribution in [2.75, 3.05) is 0 Å². The lowest BCUT2D eigenvalue weighted by atomic mass is 10.1. The van der Waals surface area contributed by atoms with Gasteiger partial charge in [0, 0.05) is 30.4 Å². The topological polar surface area (TPSA) is 189 Å². The van der Waals surface area contributed by atoms with Crippen LogP contribution in [-0.4, -0.2) is 40.1 Å². The van der Waals surface area contributed by atoms with Gasteiger partial charge in [0.25, 0.3) is 0 Å². The quantitative estimate of drug-likeness (QED) is 0.278. The Bertz CT molecular complexity index is 998. The van der Waals surface area contributed by atoms with E-state index in [1.165, 1.54) is 18.2 Å². The van der Waals surface area contributed by atoms with Gasteiger partial charge in [-0.2, -0.15) is 0 Å². The second-order valence-electron chi connectivity index (χ2n) is 5.82. The summed E-state index contributed by atoms with van der Waals surface area (Å²) in [6, 6.07) is 5.05. The summed E-state index contributed by atoms with van der Waals surface area (Å²) in [6.45, 7) is 0. The third-order valence-electron chi connectivity index (χ3n) is 3.62. The number of amides is 3. The molecule has 1 aromatic carbocycles. The SMILES string of the molecule is NC(=O)CCC(=O)N[C@H](NC(=O)Cc1cc(=O)oc2cc(O)ccc12)C(=O)O. The van der Waals surface area contributed by atoms with Crippen molar-refractivity contribution in [1.29, 1.82) is 0 Å². The Morgan fingerprint density at radius 2 is 1.75 bits per heavy atom. The van der Waals surface area contributed by atoms with E-state index in [1.54, 1.807) is 0 Å². The van der Waals surface area contributed by atoms with E-state index in [0.717, 1.165) is 6.07 Å². The average molecular weight is 391 g/mol. The highest BCUT2D eigenvalue weighted by molar-refractivity contribution is 5.91. The van der Waals surface area contributed by atoms with Crippen LogP contribution in [-0.2, 0) is 25.6 Å². The maximum atomic E-state index is 12.2. The van der Waals surface area contributed by atoms with Crippen LogP contribution >= 0.6 is 0 Å². The van der Waals surface area contributed by atoms with Crippen molar-refractivity contribution in [1.82, 2.24) is 10.6 Å². The van der Waals surface area contributed by atoms with Crippen molar-refractivity contribution < 1.29 is 33.8 Å². The van der Waals surface area contributed by atoms with Crippen molar-refractivity contribution in [3.8, 4) is 5.75 Å². The summed E-state index contributed by atoms with van der Waals surface area (Å²) in [6.07, 6.45) is -2.72. The van der Waals surface area contributed by atoms with Crippen LogP contribution in [0.25, 0.3) is 11.0 Å². The molecule has 0 fully saturated rings. The highest BCUT2D eigenvalue weighted by Crippen LogP contribution is 2.22. The normalized spacial score (nSPS) is 11.6. The van der Waals surface area contributed by atoms with Gasteiger partial charge in [0.2, 0.25) is 23.9 Å². The molecule has 2 rings (SSSR count). The number of primary amides is 1. The second-order valence-corrected chi connectivity index (χ2v) is 5.82. The first-order valence-electron chi connectivity index (χ1n) is 8.01. The molecule has 0 spiro atoms. The van der Waals surface area contributed by atoms with Crippen LogP contribution in [0.2, 0.25) is 0 Å². The van der Waals surface area contributed by atoms with Gasteiger partial charge in [-0.25, -0.2) is 9.59 Å². The predicted octanol–water partition coefficient (Wildman–Crippen LogP) is -1.05. The first-order valence-corrected chi connectivity index (χ1v) is 8.01. The van der Waals surface area contributed by atoms with E-state index >= 15 is 0 Å². The molecule has 28 heavy (non-hydrogen) atoms. The summed E-state index contributed by atoms with van der Waals surface area (Å²) in [5, 5.41) is 23.2. The molecule has 0 aliphatic rings. The monoisotopic (exact) mass is 391 g/mol. The molecule has 0 saturated carbocycles. The van der Waals surface area contributed by atoms with Crippen LogP contribution in [0.1, 0.15) is 18.4 Å². The molecule has 1 aromatic heterocycles. The number of phenolic OH excluding ortho intramolecular Hbond substituents is 1. The highest BCUT2D eigenvalue weighted by Gasteiger charge is 2.23. The number of nitrogens with two attached hydrogens (primary N) is 1. The number of carbonyl (C=O) groups excluding carboxylic acids is 3. The molecule has 3 amide bonds. The van der Waals surface area contributed by atoms with E-state index in [1.807, 2.05) is 0 Å². The minimum absolute atomic E-state index is 0.0600. The Morgan fingerprint density at radius 1 is 1.07 bits per heavy atom. The second kappa shape index (κ2) is 8.66. The van der Waals surface area contributed by atoms with Gasteiger partial charge in [-0.05, 0) is 17.7 Å². The molecule has 0 bridgehead atoms. The summed E-state index contributed by atoms with van der Waals surface area (Å²) in [4.78, 5) is 57.4. The molecule has 6 N–H and O–H groups in total. The summed E-state index contributed by atoms with van der Waals surface area (Å²) in [5.41, 5.74) is 4.46. The Balaban J connectivity index is 2.12. The van der Waals surface area contributed by atoms with Gasteiger partial charge < -0.3 is 31.0 Å². The zero-order valence-electron chi connectivity index (χ0n) is 14.4. The molecule has 0 unspecified atom stereocenters. The number of phenols is 1. The Hall–Kier alpha value is -3.89. The fourth-order valence-electron chi connectivity index (χ4n) is 2.38. The molecular weight excluding hydrogens is 374 g/mol. The number of aliphatic carboxylic acids is 1. The van der Waals surface area contributed by atoms with Gasteiger partial charge in [0.1, 0.15) is 11.3 Å². The lowest BCUT2D eigenvalue weighted by Gasteiger charge is -2.16. The van der Waals surface area contributed by atoms with E-state index in [0.29, 0.717) is 5.39 Å². The van der Waals surface area contributed by atoms with Gasteiger partial charge in [-0.15, -0.1) is 0 Å². The van der Waals surface area contributed by atoms with E-state index < -0.39 is 35.5 Å². The first kappa shape index (κ1) is 20.4. The van der Waals surface area contributed by atoms with Crippen LogP contribution in [0.15, 0.2) is 33.5 Å². The summed E-state index contributed by atoms with van der Waals surface area (Å²) in [5.74, 6) is -3.97. The number of aromatic hydroxyl groups is 1. The largest absolute Gasteiger partial charge is 0.508 e. The number of hydrogen-bond donors (Lipinski definition) is 5. The molecule has 148 valence electrons. The number of carboxylic acids is 1. The van der Waals surface area contributed by atoms with Crippen molar-refractivity contribution >= 4 is 34.7 Å². The Labute approximate surface area is 157 Å². The van der Waals surface area contributed by atoms with Crippen molar-refractivity contribution in [3.63, 3.8) is 0 Å². The predicted molar refractivity (Wildman–Crippen MR) is 94.0 cm³/mol. The smallest absolute Gasteiger partial charge is 0.347 e. The maximum absolute atomic E-state index is 12.2. The Kier molecular flexibility index (Phi) is 6.32. The molecule has 2 aromatic rings. The van der Waals surface area contributed by atoms with Crippen LogP contribution in [0.5, 0.6) is 5.75 Å². The van der Waals surface area contributed by atoms with E-state index in [4.69, 9.17) is 15.3 Å². The maximum Gasteiger partial charge on any atom is 0.347 e. The minimum Gasteiger partial charge on any atom is -0.508 e. The lowest BCUT2D eigenvalue weighted by Crippen LogP contribution is -2.53. The summed E-state index contributed by atoms with van der Waals surface area (Å²) < 4.78 is 4.95. The molecule has 0 saturated heterocycles. The van der Waals surface area contributed by atoms with Gasteiger partial charge in [0.05, 0.1) is 6.42 Å². The number of fused-ring (bicyclic) bond motifs is 1. The van der Waals surface area contributed by atoms with Crippen molar-refractivity contribution in [2.45, 2.75) is 25.4 Å². The zero-order valence-corrected chi connectivity index (χ0v) is 14.4. The van der Waals surface area contributed by atoms with Gasteiger partial charge in [-0.3, -0.25) is 14.4 Å². The Morgan fingerprint density at radius 3 is 2.39 bits per heavy atom. The van der Waals surface area contributed by atoms with Gasteiger partial charge in [0.15, 0.2) is 0 Å². The van der Waals surface area contributed by atoms with E-state index in [2.05, 4.69) is 10.6 Å². The molecule has 0 aliphatic heterocycles. The van der Waals surface area contributed by atoms with Crippen LogP contribution in [0.4, 0.5) is 0 Å². The molecule has 1 heterocycles. The summed E-state index contributed by atoms with van der Waals surface area (Å²) >= 11 is 0. The molecule has 11 nitrogen and oxygen atoms in total. The van der Waals surface area contributed by atoms with Crippen LogP contribution in [0, 0.1) is 0 Å². The highest BCUT2D eigenvalue weighted by atomic mass is 16.4. The zero-order chi connectivity index (χ0) is 20.8. The van der Waals surface area contributed by atoms with Crippen molar-refractivity contribution in [2.24, 2.45) is 5.73 Å². The number of hydrogen-bond acceptors (Lipinski definition) is 7. The molecule has 1 atom stereocenters. The average Bonchev–Trinajstić information content (AvgIpc) is 2.58. The number of carboxylic acid groups (broad SMARTS) is 1.